The van der Waals surface area contributed by atoms with Crippen LogP contribution >= 0.6 is 0 Å². The van der Waals surface area contributed by atoms with Crippen molar-refractivity contribution in [3.8, 4) is 0 Å². The number of nitrogens with zero attached hydrogens (tertiary/aromatic N) is 2. The number of sulfonamides is 2. The molecule has 2 saturated heterocycles. The molecule has 2 heterocycles. The van der Waals surface area contributed by atoms with Gasteiger partial charge in [0.1, 0.15) is 0 Å². The topological polar surface area (TPSA) is 113 Å². The van der Waals surface area contributed by atoms with Gasteiger partial charge in [-0.2, -0.15) is 8.61 Å². The molecule has 0 aromatic heterocycles. The minimum atomic E-state index is -3.72. The van der Waals surface area contributed by atoms with Gasteiger partial charge in [0, 0.05) is 32.7 Å². The molecule has 2 aliphatic rings. The summed E-state index contributed by atoms with van der Waals surface area (Å²) in [6.07, 6.45) is 1.22. The van der Waals surface area contributed by atoms with Gasteiger partial charge in [-0.3, -0.25) is 4.79 Å². The standard InChI is InChI=1S/C26H35N3O6S2/c1-19-15-20(2)25(21(3)16-19)37(33,34)29-10-4-5-23(18-29)26(30)27-17-22-6-8-24(9-7-22)36(31,32)28-11-13-35-14-12-28/h6-9,15-16,23H,4-5,10-14,17-18H2,1-3H3,(H,27,30). The van der Waals surface area contributed by atoms with E-state index < -0.39 is 26.0 Å². The lowest BCUT2D eigenvalue weighted by molar-refractivity contribution is -0.126. The maximum Gasteiger partial charge on any atom is 0.243 e. The lowest BCUT2D eigenvalue weighted by atomic mass is 9.99. The Morgan fingerprint density at radius 2 is 1.54 bits per heavy atom. The Bertz CT molecular complexity index is 1330. The van der Waals surface area contributed by atoms with Crippen molar-refractivity contribution in [2.24, 2.45) is 5.92 Å². The molecule has 37 heavy (non-hydrogen) atoms. The third kappa shape index (κ3) is 6.06. The molecule has 11 heteroatoms. The fourth-order valence-electron chi connectivity index (χ4n) is 5.13. The number of morpholine rings is 1. The van der Waals surface area contributed by atoms with E-state index in [1.807, 2.05) is 19.1 Å². The Balaban J connectivity index is 1.38. The van der Waals surface area contributed by atoms with Crippen molar-refractivity contribution in [2.75, 3.05) is 39.4 Å². The predicted octanol–water partition coefficient (Wildman–Crippen LogP) is 2.35. The lowest BCUT2D eigenvalue weighted by Gasteiger charge is -2.32. The highest BCUT2D eigenvalue weighted by Gasteiger charge is 2.35. The molecule has 2 aromatic carbocycles. The van der Waals surface area contributed by atoms with E-state index in [0.717, 1.165) is 11.1 Å². The molecule has 2 aromatic rings. The smallest absolute Gasteiger partial charge is 0.243 e. The molecule has 0 aliphatic carbocycles. The zero-order chi connectivity index (χ0) is 26.8. The molecule has 2 aliphatic heterocycles. The van der Waals surface area contributed by atoms with Gasteiger partial charge < -0.3 is 10.1 Å². The van der Waals surface area contributed by atoms with E-state index >= 15 is 0 Å². The van der Waals surface area contributed by atoms with Crippen molar-refractivity contribution in [1.29, 1.82) is 0 Å². The van der Waals surface area contributed by atoms with Crippen LogP contribution in [0.5, 0.6) is 0 Å². The summed E-state index contributed by atoms with van der Waals surface area (Å²) in [5.41, 5.74) is 3.20. The molecule has 0 radical (unpaired) electrons. The molecule has 0 saturated carbocycles. The van der Waals surface area contributed by atoms with Gasteiger partial charge in [0.2, 0.25) is 26.0 Å². The zero-order valence-electron chi connectivity index (χ0n) is 21.6. The molecule has 202 valence electrons. The molecular weight excluding hydrogens is 514 g/mol. The number of rotatable bonds is 7. The summed E-state index contributed by atoms with van der Waals surface area (Å²) in [7, 11) is -7.29. The van der Waals surface area contributed by atoms with Crippen molar-refractivity contribution in [3.05, 3.63) is 58.7 Å². The Labute approximate surface area is 219 Å². The molecule has 0 spiro atoms. The second-order valence-electron chi connectivity index (χ2n) is 9.81. The molecule has 1 atom stereocenters. The first-order chi connectivity index (χ1) is 17.5. The van der Waals surface area contributed by atoms with Crippen molar-refractivity contribution in [3.63, 3.8) is 0 Å². The Kier molecular flexibility index (Phi) is 8.39. The minimum Gasteiger partial charge on any atom is -0.379 e. The van der Waals surface area contributed by atoms with Crippen molar-refractivity contribution < 1.29 is 26.4 Å². The Morgan fingerprint density at radius 3 is 2.16 bits per heavy atom. The normalized spacial score (nSPS) is 20.0. The van der Waals surface area contributed by atoms with Gasteiger partial charge in [0.25, 0.3) is 0 Å². The van der Waals surface area contributed by atoms with E-state index in [1.54, 1.807) is 38.1 Å². The van der Waals surface area contributed by atoms with Gasteiger partial charge >= 0.3 is 0 Å². The molecule has 1 amide bonds. The van der Waals surface area contributed by atoms with Crippen LogP contribution in [0.15, 0.2) is 46.2 Å². The summed E-state index contributed by atoms with van der Waals surface area (Å²) >= 11 is 0. The first-order valence-corrected chi connectivity index (χ1v) is 15.4. The van der Waals surface area contributed by atoms with Crippen LogP contribution in [0, 0.1) is 26.7 Å². The second kappa shape index (κ2) is 11.2. The maximum atomic E-state index is 13.4. The molecule has 1 unspecified atom stereocenters. The van der Waals surface area contributed by atoms with Crippen LogP contribution in [0.25, 0.3) is 0 Å². The largest absolute Gasteiger partial charge is 0.379 e. The average Bonchev–Trinajstić information content (AvgIpc) is 2.87. The zero-order valence-corrected chi connectivity index (χ0v) is 23.2. The van der Waals surface area contributed by atoms with Crippen LogP contribution in [0.4, 0.5) is 0 Å². The number of carbonyl (C=O) groups is 1. The Morgan fingerprint density at radius 1 is 0.919 bits per heavy atom. The fraction of sp³-hybridized carbons (Fsp3) is 0.500. The molecule has 4 rings (SSSR count). The van der Waals surface area contributed by atoms with Crippen LogP contribution in [-0.4, -0.2) is 70.7 Å². The van der Waals surface area contributed by atoms with E-state index in [0.29, 0.717) is 61.7 Å². The number of aryl methyl sites for hydroxylation is 3. The molecular formula is C26H35N3O6S2. The van der Waals surface area contributed by atoms with Gasteiger partial charge in [-0.15, -0.1) is 0 Å². The molecule has 9 nitrogen and oxygen atoms in total. The van der Waals surface area contributed by atoms with Crippen molar-refractivity contribution in [1.82, 2.24) is 13.9 Å². The highest BCUT2D eigenvalue weighted by atomic mass is 32.2. The van der Waals surface area contributed by atoms with Gasteiger partial charge in [-0.05, 0) is 62.4 Å². The van der Waals surface area contributed by atoms with Gasteiger partial charge in [0.15, 0.2) is 0 Å². The second-order valence-corrected chi connectivity index (χ2v) is 13.6. The number of nitrogens with one attached hydrogen (secondary N) is 1. The number of amides is 1. The third-order valence-electron chi connectivity index (χ3n) is 6.96. The lowest BCUT2D eigenvalue weighted by Crippen LogP contribution is -2.45. The summed E-state index contributed by atoms with van der Waals surface area (Å²) in [6, 6.07) is 10.2. The number of carbonyl (C=O) groups excluding carboxylic acids is 1. The van der Waals surface area contributed by atoms with Crippen LogP contribution < -0.4 is 5.32 Å². The third-order valence-corrected chi connectivity index (χ3v) is 11.0. The van der Waals surface area contributed by atoms with Gasteiger partial charge in [-0.1, -0.05) is 29.8 Å². The summed E-state index contributed by atoms with van der Waals surface area (Å²) in [6.45, 7) is 7.73. The molecule has 1 N–H and O–H groups in total. The number of benzene rings is 2. The summed E-state index contributed by atoms with van der Waals surface area (Å²) in [5, 5.41) is 2.90. The highest BCUT2D eigenvalue weighted by molar-refractivity contribution is 7.89. The Hall–Kier alpha value is -2.31. The first-order valence-electron chi connectivity index (χ1n) is 12.5. The predicted molar refractivity (Wildman–Crippen MR) is 140 cm³/mol. The van der Waals surface area contributed by atoms with Gasteiger partial charge in [0.05, 0.1) is 28.9 Å². The maximum absolute atomic E-state index is 13.4. The highest BCUT2D eigenvalue weighted by Crippen LogP contribution is 2.29. The molecule has 0 bridgehead atoms. The monoisotopic (exact) mass is 549 g/mol. The quantitative estimate of drug-likeness (QED) is 0.567. The number of hydrogen-bond donors (Lipinski definition) is 1. The SMILES string of the molecule is Cc1cc(C)c(S(=O)(=O)N2CCCC(C(=O)NCc3ccc(S(=O)(=O)N4CCOCC4)cc3)C2)c(C)c1. The van der Waals surface area contributed by atoms with Crippen LogP contribution in [0.2, 0.25) is 0 Å². The van der Waals surface area contributed by atoms with Crippen molar-refractivity contribution in [2.45, 2.75) is 49.9 Å². The number of piperidine rings is 1. The number of hydrogen-bond acceptors (Lipinski definition) is 6. The van der Waals surface area contributed by atoms with Crippen LogP contribution in [-0.2, 0) is 36.1 Å². The summed E-state index contributed by atoms with van der Waals surface area (Å²) in [4.78, 5) is 13.5. The van der Waals surface area contributed by atoms with E-state index in [4.69, 9.17) is 4.74 Å². The van der Waals surface area contributed by atoms with E-state index in [9.17, 15) is 21.6 Å². The average molecular weight is 550 g/mol. The van der Waals surface area contributed by atoms with Crippen LogP contribution in [0.1, 0.15) is 35.1 Å². The number of ether oxygens (including phenoxy) is 1. The van der Waals surface area contributed by atoms with Crippen molar-refractivity contribution >= 4 is 26.0 Å². The van der Waals surface area contributed by atoms with Gasteiger partial charge in [-0.25, -0.2) is 16.8 Å². The summed E-state index contributed by atoms with van der Waals surface area (Å²) in [5.74, 6) is -0.655. The minimum absolute atomic E-state index is 0.137. The van der Waals surface area contributed by atoms with Crippen LogP contribution in [0.3, 0.4) is 0 Å². The van der Waals surface area contributed by atoms with E-state index in [1.165, 1.54) is 8.61 Å². The van der Waals surface area contributed by atoms with E-state index in [-0.39, 0.29) is 23.9 Å². The van der Waals surface area contributed by atoms with E-state index in [2.05, 4.69) is 5.32 Å². The molecule has 2 fully saturated rings. The fourth-order valence-corrected chi connectivity index (χ4v) is 8.47. The first kappa shape index (κ1) is 27.7. The summed E-state index contributed by atoms with van der Waals surface area (Å²) < 4.78 is 60.6.